The molecule has 1 N–H and O–H groups in total. The van der Waals surface area contributed by atoms with Crippen molar-refractivity contribution in [3.63, 3.8) is 0 Å². The Balaban J connectivity index is 1.69. The zero-order valence-electron chi connectivity index (χ0n) is 9.65. The molecule has 1 aliphatic heterocycles. The molecule has 5 heteroatoms. The van der Waals surface area contributed by atoms with Crippen LogP contribution >= 0.6 is 0 Å². The predicted octanol–water partition coefficient (Wildman–Crippen LogP) is 1.14. The van der Waals surface area contributed by atoms with Crippen LogP contribution in [0.4, 0.5) is 6.01 Å². The van der Waals surface area contributed by atoms with Gasteiger partial charge in [-0.3, -0.25) is 0 Å². The summed E-state index contributed by atoms with van der Waals surface area (Å²) < 4.78 is 5.32. The topological polar surface area (TPSA) is 54.2 Å². The van der Waals surface area contributed by atoms with Gasteiger partial charge in [-0.1, -0.05) is 5.16 Å². The van der Waals surface area contributed by atoms with E-state index in [1.54, 1.807) is 0 Å². The highest BCUT2D eigenvalue weighted by molar-refractivity contribution is 5.27. The standard InChI is InChI=1S/C11H18N4O/c1-15(9-3-2-6-12-7-9)11-13-10(14-16-11)8-4-5-8/h8-9,12H,2-7H2,1H3. The van der Waals surface area contributed by atoms with Gasteiger partial charge in [-0.15, -0.1) is 0 Å². The van der Waals surface area contributed by atoms with Crippen molar-refractivity contribution in [1.82, 2.24) is 15.5 Å². The highest BCUT2D eigenvalue weighted by atomic mass is 16.5. The van der Waals surface area contributed by atoms with E-state index >= 15 is 0 Å². The maximum absolute atomic E-state index is 5.32. The molecule has 0 aromatic carbocycles. The molecule has 1 aromatic heterocycles. The van der Waals surface area contributed by atoms with Crippen LogP contribution in [0, 0.1) is 0 Å². The van der Waals surface area contributed by atoms with E-state index in [4.69, 9.17) is 4.52 Å². The molecule has 2 fully saturated rings. The lowest BCUT2D eigenvalue weighted by atomic mass is 10.1. The van der Waals surface area contributed by atoms with Crippen molar-refractivity contribution in [3.05, 3.63) is 5.82 Å². The summed E-state index contributed by atoms with van der Waals surface area (Å²) in [7, 11) is 2.04. The van der Waals surface area contributed by atoms with Crippen molar-refractivity contribution < 1.29 is 4.52 Å². The van der Waals surface area contributed by atoms with Crippen LogP contribution in [0.15, 0.2) is 4.52 Å². The Bertz CT molecular complexity index is 355. The number of likely N-dealkylation sites (N-methyl/N-ethyl adjacent to an activating group) is 1. The Morgan fingerprint density at radius 1 is 1.38 bits per heavy atom. The van der Waals surface area contributed by atoms with E-state index in [0.29, 0.717) is 18.0 Å². The molecule has 16 heavy (non-hydrogen) atoms. The first-order valence-corrected chi connectivity index (χ1v) is 6.12. The summed E-state index contributed by atoms with van der Waals surface area (Å²) in [6.45, 7) is 2.14. The second-order valence-electron chi connectivity index (χ2n) is 4.82. The second-order valence-corrected chi connectivity index (χ2v) is 4.82. The third kappa shape index (κ3) is 1.91. The SMILES string of the molecule is CN(c1nc(C2CC2)no1)C1CCCNC1. The average Bonchev–Trinajstić information content (AvgIpc) is 3.08. The van der Waals surface area contributed by atoms with Crippen LogP contribution in [-0.2, 0) is 0 Å². The lowest BCUT2D eigenvalue weighted by Gasteiger charge is -2.29. The normalized spacial score (nSPS) is 25.7. The number of nitrogens with one attached hydrogen (secondary N) is 1. The molecule has 1 atom stereocenters. The molecule has 2 heterocycles. The Morgan fingerprint density at radius 3 is 2.94 bits per heavy atom. The van der Waals surface area contributed by atoms with Gasteiger partial charge in [0.2, 0.25) is 0 Å². The van der Waals surface area contributed by atoms with Gasteiger partial charge in [0.05, 0.1) is 0 Å². The Kier molecular flexibility index (Phi) is 2.55. The van der Waals surface area contributed by atoms with Crippen LogP contribution in [0.3, 0.4) is 0 Å². The number of rotatable bonds is 3. The summed E-state index contributed by atoms with van der Waals surface area (Å²) >= 11 is 0. The van der Waals surface area contributed by atoms with Gasteiger partial charge in [-0.2, -0.15) is 4.98 Å². The summed E-state index contributed by atoms with van der Waals surface area (Å²) in [5, 5.41) is 7.44. The average molecular weight is 222 g/mol. The van der Waals surface area contributed by atoms with Crippen molar-refractivity contribution in [2.45, 2.75) is 37.6 Å². The monoisotopic (exact) mass is 222 g/mol. The molecule has 1 saturated carbocycles. The lowest BCUT2D eigenvalue weighted by Crippen LogP contribution is -2.44. The van der Waals surface area contributed by atoms with Crippen LogP contribution in [-0.4, -0.2) is 36.3 Å². The van der Waals surface area contributed by atoms with Crippen molar-refractivity contribution >= 4 is 6.01 Å². The molecule has 1 saturated heterocycles. The van der Waals surface area contributed by atoms with Crippen molar-refractivity contribution in [2.75, 3.05) is 25.0 Å². The minimum absolute atomic E-state index is 0.487. The lowest BCUT2D eigenvalue weighted by molar-refractivity contribution is 0.378. The minimum atomic E-state index is 0.487. The smallest absolute Gasteiger partial charge is 0.323 e. The van der Waals surface area contributed by atoms with E-state index in [2.05, 4.69) is 20.4 Å². The molecule has 1 unspecified atom stereocenters. The zero-order valence-corrected chi connectivity index (χ0v) is 9.65. The number of piperidine rings is 1. The van der Waals surface area contributed by atoms with Crippen LogP contribution < -0.4 is 10.2 Å². The number of hydrogen-bond donors (Lipinski definition) is 1. The van der Waals surface area contributed by atoms with Gasteiger partial charge >= 0.3 is 6.01 Å². The van der Waals surface area contributed by atoms with Crippen LogP contribution in [0.2, 0.25) is 0 Å². The Hall–Kier alpha value is -1.10. The molecule has 0 amide bonds. The molecule has 0 bridgehead atoms. The number of anilines is 1. The largest absolute Gasteiger partial charge is 0.324 e. The molecule has 88 valence electrons. The van der Waals surface area contributed by atoms with Gasteiger partial charge in [-0.25, -0.2) is 0 Å². The maximum atomic E-state index is 5.32. The van der Waals surface area contributed by atoms with Crippen LogP contribution in [0.5, 0.6) is 0 Å². The van der Waals surface area contributed by atoms with Gasteiger partial charge in [0.1, 0.15) is 0 Å². The van der Waals surface area contributed by atoms with Gasteiger partial charge in [0.15, 0.2) is 5.82 Å². The molecule has 2 aliphatic rings. The number of nitrogens with zero attached hydrogens (tertiary/aromatic N) is 3. The van der Waals surface area contributed by atoms with E-state index in [-0.39, 0.29) is 0 Å². The van der Waals surface area contributed by atoms with E-state index in [9.17, 15) is 0 Å². The predicted molar refractivity (Wildman–Crippen MR) is 60.6 cm³/mol. The van der Waals surface area contributed by atoms with Crippen LogP contribution in [0.1, 0.15) is 37.4 Å². The van der Waals surface area contributed by atoms with Crippen molar-refractivity contribution in [1.29, 1.82) is 0 Å². The molecule has 5 nitrogen and oxygen atoms in total. The summed E-state index contributed by atoms with van der Waals surface area (Å²) in [5.74, 6) is 1.46. The molecule has 3 rings (SSSR count). The molecule has 1 aliphatic carbocycles. The van der Waals surface area contributed by atoms with Gasteiger partial charge in [0.25, 0.3) is 0 Å². The first kappa shape index (κ1) is 10.1. The minimum Gasteiger partial charge on any atom is -0.323 e. The third-order valence-corrected chi connectivity index (χ3v) is 3.49. The summed E-state index contributed by atoms with van der Waals surface area (Å²) in [6.07, 6.45) is 4.85. The van der Waals surface area contributed by atoms with E-state index in [1.165, 1.54) is 25.7 Å². The molecular weight excluding hydrogens is 204 g/mol. The van der Waals surface area contributed by atoms with Gasteiger partial charge < -0.3 is 14.7 Å². The van der Waals surface area contributed by atoms with E-state index in [1.807, 2.05) is 7.05 Å². The number of aromatic nitrogens is 2. The fraction of sp³-hybridized carbons (Fsp3) is 0.818. The molecule has 0 spiro atoms. The first-order chi connectivity index (χ1) is 7.84. The maximum Gasteiger partial charge on any atom is 0.324 e. The fourth-order valence-electron chi connectivity index (χ4n) is 2.20. The highest BCUT2D eigenvalue weighted by Crippen LogP contribution is 2.38. The van der Waals surface area contributed by atoms with Crippen molar-refractivity contribution in [3.8, 4) is 0 Å². The second kappa shape index (κ2) is 4.05. The fourth-order valence-corrected chi connectivity index (χ4v) is 2.20. The van der Waals surface area contributed by atoms with Crippen molar-refractivity contribution in [2.24, 2.45) is 0 Å². The first-order valence-electron chi connectivity index (χ1n) is 6.12. The zero-order chi connectivity index (χ0) is 11.0. The summed E-state index contributed by atoms with van der Waals surface area (Å²) in [4.78, 5) is 6.58. The molecule has 1 aromatic rings. The van der Waals surface area contributed by atoms with Crippen LogP contribution in [0.25, 0.3) is 0 Å². The number of hydrogen-bond acceptors (Lipinski definition) is 5. The Labute approximate surface area is 95.2 Å². The van der Waals surface area contributed by atoms with E-state index < -0.39 is 0 Å². The quantitative estimate of drug-likeness (QED) is 0.831. The molecular formula is C11H18N4O. The summed E-state index contributed by atoms with van der Waals surface area (Å²) in [6, 6.07) is 1.16. The van der Waals surface area contributed by atoms with Gasteiger partial charge in [-0.05, 0) is 32.2 Å². The molecule has 0 radical (unpaired) electrons. The highest BCUT2D eigenvalue weighted by Gasteiger charge is 2.30. The van der Waals surface area contributed by atoms with E-state index in [0.717, 1.165) is 18.9 Å². The van der Waals surface area contributed by atoms with Gasteiger partial charge in [0, 0.05) is 25.6 Å². The summed E-state index contributed by atoms with van der Waals surface area (Å²) in [5.41, 5.74) is 0. The third-order valence-electron chi connectivity index (χ3n) is 3.49. The Morgan fingerprint density at radius 2 is 2.25 bits per heavy atom.